The molecule has 0 bridgehead atoms. The molecule has 124 valence electrons. The maximum atomic E-state index is 12.3. The Kier molecular flexibility index (Phi) is 6.30. The van der Waals surface area contributed by atoms with Crippen molar-refractivity contribution in [3.8, 4) is 0 Å². The summed E-state index contributed by atoms with van der Waals surface area (Å²) < 4.78 is 27.1. The average molecular weight is 373 g/mol. The van der Waals surface area contributed by atoms with Crippen LogP contribution < -0.4 is 9.62 Å². The van der Waals surface area contributed by atoms with Gasteiger partial charge in [0.05, 0.1) is 10.0 Å². The predicted molar refractivity (Wildman–Crippen MR) is 96.0 cm³/mol. The predicted octanol–water partition coefficient (Wildman–Crippen LogP) is 3.80. The summed E-state index contributed by atoms with van der Waals surface area (Å²) in [6.07, 6.45) is 0.659. The van der Waals surface area contributed by atoms with Crippen LogP contribution in [0.15, 0.2) is 53.4 Å². The summed E-state index contributed by atoms with van der Waals surface area (Å²) in [4.78, 5) is 2.00. The highest BCUT2D eigenvalue weighted by Crippen LogP contribution is 2.28. The van der Waals surface area contributed by atoms with Crippen molar-refractivity contribution >= 4 is 38.9 Å². The summed E-state index contributed by atoms with van der Waals surface area (Å²) in [5, 5.41) is 0.234. The molecule has 0 saturated carbocycles. The zero-order valence-electron chi connectivity index (χ0n) is 12.7. The van der Waals surface area contributed by atoms with E-state index >= 15 is 0 Å². The quantitative estimate of drug-likeness (QED) is 0.751. The second-order valence-corrected chi connectivity index (χ2v) is 7.58. The Labute approximate surface area is 147 Å². The molecular weight excluding hydrogens is 355 g/mol. The van der Waals surface area contributed by atoms with Crippen LogP contribution in [0.5, 0.6) is 0 Å². The molecule has 23 heavy (non-hydrogen) atoms. The molecule has 1 N–H and O–H groups in total. The number of hydrogen-bond donors (Lipinski definition) is 1. The van der Waals surface area contributed by atoms with E-state index in [-0.39, 0.29) is 14.9 Å². The number of para-hydroxylation sites is 1. The molecule has 7 heteroatoms. The lowest BCUT2D eigenvalue weighted by atomic mass is 10.3. The molecule has 0 aromatic heterocycles. The molecule has 0 fully saturated rings. The Balaban J connectivity index is 1.91. The van der Waals surface area contributed by atoms with Crippen LogP contribution >= 0.6 is 23.2 Å². The van der Waals surface area contributed by atoms with E-state index < -0.39 is 10.0 Å². The molecule has 4 nitrogen and oxygen atoms in total. The minimum absolute atomic E-state index is 0.0697. The number of hydrogen-bond acceptors (Lipinski definition) is 3. The smallest absolute Gasteiger partial charge is 0.243 e. The third kappa shape index (κ3) is 4.85. The third-order valence-electron chi connectivity index (χ3n) is 3.35. The number of benzene rings is 2. The normalized spacial score (nSPS) is 11.4. The molecule has 0 aliphatic carbocycles. The van der Waals surface area contributed by atoms with Crippen LogP contribution in [0, 0.1) is 0 Å². The van der Waals surface area contributed by atoms with Gasteiger partial charge in [0.2, 0.25) is 10.0 Å². The molecular formula is C16H18Cl2N2O2S. The van der Waals surface area contributed by atoms with Crippen LogP contribution in [0.1, 0.15) is 6.42 Å². The SMILES string of the molecule is CN(CCCNS(=O)(=O)c1c(Cl)cccc1Cl)c1ccccc1. The van der Waals surface area contributed by atoms with Gasteiger partial charge in [-0.3, -0.25) is 0 Å². The Bertz CT molecular complexity index is 732. The highest BCUT2D eigenvalue weighted by atomic mass is 35.5. The standard InChI is InChI=1S/C16H18Cl2N2O2S/c1-20(13-7-3-2-4-8-13)12-6-11-19-23(21,22)16-14(17)9-5-10-15(16)18/h2-5,7-10,19H,6,11-12H2,1H3. The summed E-state index contributed by atoms with van der Waals surface area (Å²) >= 11 is 11.9. The molecule has 2 aromatic rings. The summed E-state index contributed by atoms with van der Waals surface area (Å²) in [6.45, 7) is 1.03. The van der Waals surface area contributed by atoms with Crippen molar-refractivity contribution in [1.29, 1.82) is 0 Å². The van der Waals surface area contributed by atoms with Gasteiger partial charge in [0.1, 0.15) is 4.90 Å². The van der Waals surface area contributed by atoms with Gasteiger partial charge in [0, 0.05) is 25.8 Å². The molecule has 0 amide bonds. The van der Waals surface area contributed by atoms with Gasteiger partial charge >= 0.3 is 0 Å². The number of rotatable bonds is 7. The Morgan fingerprint density at radius 3 is 2.22 bits per heavy atom. The molecule has 0 unspecified atom stereocenters. The molecule has 2 aromatic carbocycles. The number of sulfonamides is 1. The van der Waals surface area contributed by atoms with E-state index in [0.717, 1.165) is 12.2 Å². The zero-order valence-corrected chi connectivity index (χ0v) is 15.0. The first kappa shape index (κ1) is 18.1. The Morgan fingerprint density at radius 1 is 1.00 bits per heavy atom. The fourth-order valence-corrected chi connectivity index (χ4v) is 4.36. The lowest BCUT2D eigenvalue weighted by Gasteiger charge is -2.19. The van der Waals surface area contributed by atoms with Crippen LogP contribution in [0.25, 0.3) is 0 Å². The first-order chi connectivity index (χ1) is 10.9. The zero-order chi connectivity index (χ0) is 16.9. The van der Waals surface area contributed by atoms with Gasteiger partial charge in [-0.25, -0.2) is 13.1 Å². The maximum Gasteiger partial charge on any atom is 0.243 e. The second-order valence-electron chi connectivity index (χ2n) is 5.06. The van der Waals surface area contributed by atoms with E-state index in [1.165, 1.54) is 12.1 Å². The second kappa shape index (κ2) is 8.02. The highest BCUT2D eigenvalue weighted by molar-refractivity contribution is 7.89. The molecule has 0 radical (unpaired) electrons. The van der Waals surface area contributed by atoms with Gasteiger partial charge in [-0.2, -0.15) is 0 Å². The largest absolute Gasteiger partial charge is 0.375 e. The van der Waals surface area contributed by atoms with Crippen LogP contribution in [-0.2, 0) is 10.0 Å². The van der Waals surface area contributed by atoms with Crippen molar-refractivity contribution in [3.63, 3.8) is 0 Å². The van der Waals surface area contributed by atoms with Crippen molar-refractivity contribution in [2.24, 2.45) is 0 Å². The van der Waals surface area contributed by atoms with Gasteiger partial charge < -0.3 is 4.90 Å². The first-order valence-corrected chi connectivity index (χ1v) is 9.35. The Hall–Kier alpha value is -1.27. The van der Waals surface area contributed by atoms with Gasteiger partial charge in [0.15, 0.2) is 0 Å². The van der Waals surface area contributed by atoms with Crippen LogP contribution in [0.2, 0.25) is 10.0 Å². The van der Waals surface area contributed by atoms with Crippen molar-refractivity contribution < 1.29 is 8.42 Å². The summed E-state index contributed by atoms with van der Waals surface area (Å²) in [6, 6.07) is 14.5. The van der Waals surface area contributed by atoms with E-state index in [2.05, 4.69) is 9.62 Å². The maximum absolute atomic E-state index is 12.3. The third-order valence-corrected chi connectivity index (χ3v) is 5.76. The van der Waals surface area contributed by atoms with Crippen molar-refractivity contribution in [2.45, 2.75) is 11.3 Å². The molecule has 0 aliphatic rings. The number of nitrogens with zero attached hydrogens (tertiary/aromatic N) is 1. The number of nitrogens with one attached hydrogen (secondary N) is 1. The lowest BCUT2D eigenvalue weighted by Crippen LogP contribution is -2.28. The Morgan fingerprint density at radius 2 is 1.61 bits per heavy atom. The molecule has 2 rings (SSSR count). The summed E-state index contributed by atoms with van der Waals surface area (Å²) in [5.74, 6) is 0. The molecule has 0 atom stereocenters. The van der Waals surface area contributed by atoms with Crippen molar-refractivity contribution in [2.75, 3.05) is 25.0 Å². The monoisotopic (exact) mass is 372 g/mol. The van der Waals surface area contributed by atoms with Gasteiger partial charge in [-0.1, -0.05) is 47.5 Å². The van der Waals surface area contributed by atoms with Gasteiger partial charge in [-0.15, -0.1) is 0 Å². The van der Waals surface area contributed by atoms with Crippen LogP contribution in [-0.4, -0.2) is 28.6 Å². The van der Waals surface area contributed by atoms with Crippen molar-refractivity contribution in [1.82, 2.24) is 4.72 Å². The summed E-state index contributed by atoms with van der Waals surface area (Å²) in [5.41, 5.74) is 1.09. The van der Waals surface area contributed by atoms with E-state index in [1.54, 1.807) is 6.07 Å². The number of anilines is 1. The fourth-order valence-electron chi connectivity index (χ4n) is 2.15. The van der Waals surface area contributed by atoms with E-state index in [0.29, 0.717) is 13.0 Å². The van der Waals surface area contributed by atoms with E-state index in [1.807, 2.05) is 37.4 Å². The fraction of sp³-hybridized carbons (Fsp3) is 0.250. The summed E-state index contributed by atoms with van der Waals surface area (Å²) in [7, 11) is -1.75. The lowest BCUT2D eigenvalue weighted by molar-refractivity contribution is 0.579. The number of halogens is 2. The molecule has 0 spiro atoms. The van der Waals surface area contributed by atoms with Crippen LogP contribution in [0.4, 0.5) is 5.69 Å². The van der Waals surface area contributed by atoms with Gasteiger partial charge in [-0.05, 0) is 30.7 Å². The van der Waals surface area contributed by atoms with Crippen molar-refractivity contribution in [3.05, 3.63) is 58.6 Å². The minimum Gasteiger partial charge on any atom is -0.375 e. The van der Waals surface area contributed by atoms with E-state index in [4.69, 9.17) is 23.2 Å². The highest BCUT2D eigenvalue weighted by Gasteiger charge is 2.20. The molecule has 0 aliphatic heterocycles. The molecule has 0 saturated heterocycles. The first-order valence-electron chi connectivity index (χ1n) is 7.11. The van der Waals surface area contributed by atoms with Crippen LogP contribution in [0.3, 0.4) is 0 Å². The van der Waals surface area contributed by atoms with E-state index in [9.17, 15) is 8.42 Å². The average Bonchev–Trinajstić information content (AvgIpc) is 2.52. The molecule has 0 heterocycles. The van der Waals surface area contributed by atoms with Gasteiger partial charge in [0.25, 0.3) is 0 Å². The minimum atomic E-state index is -3.72. The topological polar surface area (TPSA) is 49.4 Å².